The van der Waals surface area contributed by atoms with Crippen LogP contribution in [-0.2, 0) is 6.42 Å². The highest BCUT2D eigenvalue weighted by molar-refractivity contribution is 6.30. The Morgan fingerprint density at radius 2 is 1.90 bits per heavy atom. The number of amides is 1. The number of nitrogens with one attached hydrogen (secondary N) is 1. The van der Waals surface area contributed by atoms with Crippen molar-refractivity contribution >= 4 is 23.4 Å². The number of rotatable bonds is 7. The first-order chi connectivity index (χ1) is 15.0. The number of halogens is 1. The average molecular weight is 438 g/mol. The van der Waals surface area contributed by atoms with Gasteiger partial charge in [-0.3, -0.25) is 4.79 Å². The van der Waals surface area contributed by atoms with Gasteiger partial charge in [-0.1, -0.05) is 41.0 Å². The van der Waals surface area contributed by atoms with E-state index in [1.807, 2.05) is 36.4 Å². The van der Waals surface area contributed by atoms with Crippen LogP contribution in [0.2, 0.25) is 5.02 Å². The van der Waals surface area contributed by atoms with E-state index in [-0.39, 0.29) is 23.0 Å². The van der Waals surface area contributed by atoms with Gasteiger partial charge in [0, 0.05) is 17.1 Å². The third-order valence-electron chi connectivity index (χ3n) is 4.75. The summed E-state index contributed by atoms with van der Waals surface area (Å²) in [6, 6.07) is 18.4. The van der Waals surface area contributed by atoms with Crippen molar-refractivity contribution in [1.82, 2.24) is 10.5 Å². The Morgan fingerprint density at radius 3 is 2.65 bits per heavy atom. The second kappa shape index (κ2) is 8.97. The molecule has 31 heavy (non-hydrogen) atoms. The molecule has 0 aliphatic heterocycles. The molecular weight excluding hydrogens is 418 g/mol. The highest BCUT2D eigenvalue weighted by Gasteiger charge is 2.24. The Kier molecular flexibility index (Phi) is 5.95. The number of furan rings is 1. The van der Waals surface area contributed by atoms with Gasteiger partial charge in [0.05, 0.1) is 7.11 Å². The van der Waals surface area contributed by atoms with Crippen molar-refractivity contribution in [3.8, 4) is 28.5 Å². The van der Waals surface area contributed by atoms with E-state index >= 15 is 0 Å². The highest BCUT2D eigenvalue weighted by Crippen LogP contribution is 2.32. The molecule has 0 unspecified atom stereocenters. The van der Waals surface area contributed by atoms with Gasteiger partial charge in [0.1, 0.15) is 17.1 Å². The summed E-state index contributed by atoms with van der Waals surface area (Å²) in [5, 5.41) is 7.37. The largest absolute Gasteiger partial charge is 0.497 e. The summed E-state index contributed by atoms with van der Waals surface area (Å²) in [6.07, 6.45) is 0.649. The molecule has 4 aromatic rings. The molecule has 8 heteroatoms. The van der Waals surface area contributed by atoms with E-state index in [9.17, 15) is 4.79 Å². The lowest BCUT2D eigenvalue weighted by Crippen LogP contribution is -2.26. The number of anilines is 1. The molecule has 2 aromatic carbocycles. The number of methoxy groups -OCH3 is 1. The lowest BCUT2D eigenvalue weighted by Gasteiger charge is -2.06. The Labute approximate surface area is 183 Å². The molecule has 0 aliphatic carbocycles. The zero-order valence-corrected chi connectivity index (χ0v) is 17.5. The number of ether oxygens (including phenoxy) is 1. The predicted octanol–water partition coefficient (Wildman–Crippen LogP) is 4.82. The maximum atomic E-state index is 12.8. The van der Waals surface area contributed by atoms with Crippen LogP contribution in [0.25, 0.3) is 22.8 Å². The maximum Gasteiger partial charge on any atom is 0.259 e. The Balaban J connectivity index is 1.47. The monoisotopic (exact) mass is 437 g/mol. The van der Waals surface area contributed by atoms with E-state index in [2.05, 4.69) is 10.5 Å². The van der Waals surface area contributed by atoms with Crippen LogP contribution in [0.3, 0.4) is 0 Å². The minimum absolute atomic E-state index is 0.0716. The van der Waals surface area contributed by atoms with Crippen LogP contribution in [-0.4, -0.2) is 24.7 Å². The van der Waals surface area contributed by atoms with Crippen LogP contribution in [0, 0.1) is 0 Å². The number of nitrogens with zero attached hydrogens (tertiary/aromatic N) is 1. The molecule has 0 bridgehead atoms. The van der Waals surface area contributed by atoms with Crippen molar-refractivity contribution in [1.29, 1.82) is 0 Å². The number of nitrogens with two attached hydrogens (primary N) is 1. The van der Waals surface area contributed by atoms with Crippen LogP contribution in [0.15, 0.2) is 69.6 Å². The third-order valence-corrected chi connectivity index (χ3v) is 4.99. The first-order valence-electron chi connectivity index (χ1n) is 9.57. The second-order valence-corrected chi connectivity index (χ2v) is 7.24. The predicted molar refractivity (Wildman–Crippen MR) is 118 cm³/mol. The highest BCUT2D eigenvalue weighted by atomic mass is 35.5. The molecule has 0 saturated heterocycles. The lowest BCUT2D eigenvalue weighted by atomic mass is 10.1. The zero-order chi connectivity index (χ0) is 21.8. The standard InChI is InChI=1S/C23H20ClN3O4/c1-29-17-7-5-14(6-8-17)11-12-26-23(28)20-21(27-31-22(20)25)19-10-9-18(30-19)15-3-2-4-16(24)13-15/h2-10,13H,11-12,25H2,1H3,(H,26,28). The van der Waals surface area contributed by atoms with Gasteiger partial charge in [0.2, 0.25) is 5.88 Å². The van der Waals surface area contributed by atoms with E-state index in [0.29, 0.717) is 29.5 Å². The average Bonchev–Trinajstić information content (AvgIpc) is 3.41. The SMILES string of the molecule is COc1ccc(CCNC(=O)c2c(-c3ccc(-c4cccc(Cl)c4)o3)noc2N)cc1. The Hall–Kier alpha value is -3.71. The quantitative estimate of drug-likeness (QED) is 0.429. The third kappa shape index (κ3) is 4.57. The molecule has 0 spiro atoms. The Bertz CT molecular complexity index is 1200. The van der Waals surface area contributed by atoms with Crippen molar-refractivity contribution < 1.29 is 18.5 Å². The van der Waals surface area contributed by atoms with Gasteiger partial charge in [-0.15, -0.1) is 0 Å². The van der Waals surface area contributed by atoms with Gasteiger partial charge in [-0.05, 0) is 48.4 Å². The number of benzene rings is 2. The number of carbonyl (C=O) groups excluding carboxylic acids is 1. The number of hydrogen-bond donors (Lipinski definition) is 2. The van der Waals surface area contributed by atoms with E-state index < -0.39 is 0 Å². The molecule has 1 amide bonds. The molecule has 2 heterocycles. The van der Waals surface area contributed by atoms with Crippen LogP contribution < -0.4 is 15.8 Å². The van der Waals surface area contributed by atoms with Gasteiger partial charge in [-0.2, -0.15) is 0 Å². The summed E-state index contributed by atoms with van der Waals surface area (Å²) in [5.74, 6) is 1.28. The number of aromatic nitrogens is 1. The van der Waals surface area contributed by atoms with Crippen LogP contribution >= 0.6 is 11.6 Å². The van der Waals surface area contributed by atoms with Crippen molar-refractivity contribution in [2.45, 2.75) is 6.42 Å². The molecular formula is C23H20ClN3O4. The topological polar surface area (TPSA) is 104 Å². The fourth-order valence-electron chi connectivity index (χ4n) is 3.15. The summed E-state index contributed by atoms with van der Waals surface area (Å²) < 4.78 is 16.1. The molecule has 2 aromatic heterocycles. The molecule has 0 saturated carbocycles. The van der Waals surface area contributed by atoms with Crippen molar-refractivity contribution in [2.24, 2.45) is 0 Å². The fraction of sp³-hybridized carbons (Fsp3) is 0.130. The minimum atomic E-state index is -0.386. The molecule has 0 radical (unpaired) electrons. The summed E-state index contributed by atoms with van der Waals surface area (Å²) >= 11 is 6.05. The van der Waals surface area contributed by atoms with Gasteiger partial charge < -0.3 is 24.7 Å². The van der Waals surface area contributed by atoms with Crippen molar-refractivity contribution in [2.75, 3.05) is 19.4 Å². The van der Waals surface area contributed by atoms with Crippen molar-refractivity contribution in [3.63, 3.8) is 0 Å². The normalized spacial score (nSPS) is 10.8. The first kappa shape index (κ1) is 20.6. The molecule has 4 rings (SSSR count). The maximum absolute atomic E-state index is 12.8. The first-order valence-corrected chi connectivity index (χ1v) is 9.95. The second-order valence-electron chi connectivity index (χ2n) is 6.80. The van der Waals surface area contributed by atoms with Gasteiger partial charge in [0.25, 0.3) is 5.91 Å². The van der Waals surface area contributed by atoms with Gasteiger partial charge >= 0.3 is 0 Å². The Morgan fingerprint density at radius 1 is 1.13 bits per heavy atom. The molecule has 0 atom stereocenters. The lowest BCUT2D eigenvalue weighted by molar-refractivity contribution is 0.0955. The van der Waals surface area contributed by atoms with E-state index in [1.165, 1.54) is 0 Å². The van der Waals surface area contributed by atoms with Gasteiger partial charge in [-0.25, -0.2) is 0 Å². The number of hydrogen-bond acceptors (Lipinski definition) is 6. The van der Waals surface area contributed by atoms with E-state index in [0.717, 1.165) is 16.9 Å². The van der Waals surface area contributed by atoms with Crippen LogP contribution in [0.5, 0.6) is 5.75 Å². The summed E-state index contributed by atoms with van der Waals surface area (Å²) in [7, 11) is 1.62. The smallest absolute Gasteiger partial charge is 0.259 e. The van der Waals surface area contributed by atoms with Crippen molar-refractivity contribution in [3.05, 3.63) is 76.8 Å². The summed E-state index contributed by atoms with van der Waals surface area (Å²) in [5.41, 5.74) is 8.13. The minimum Gasteiger partial charge on any atom is -0.497 e. The fourth-order valence-corrected chi connectivity index (χ4v) is 3.34. The van der Waals surface area contributed by atoms with E-state index in [4.69, 9.17) is 31.0 Å². The van der Waals surface area contributed by atoms with Crippen LogP contribution in [0.1, 0.15) is 15.9 Å². The zero-order valence-electron chi connectivity index (χ0n) is 16.7. The number of carbonyl (C=O) groups is 1. The molecule has 0 fully saturated rings. The molecule has 3 N–H and O–H groups in total. The van der Waals surface area contributed by atoms with Crippen LogP contribution in [0.4, 0.5) is 5.88 Å². The van der Waals surface area contributed by atoms with Gasteiger partial charge in [0.15, 0.2) is 11.5 Å². The van der Waals surface area contributed by atoms with E-state index in [1.54, 1.807) is 31.4 Å². The number of nitrogen functional groups attached to an aromatic ring is 1. The molecule has 158 valence electrons. The molecule has 7 nitrogen and oxygen atoms in total. The molecule has 0 aliphatic rings. The summed E-state index contributed by atoms with van der Waals surface area (Å²) in [6.45, 7) is 0.418. The summed E-state index contributed by atoms with van der Waals surface area (Å²) in [4.78, 5) is 12.8.